The first-order valence-electron chi connectivity index (χ1n) is 5.87. The summed E-state index contributed by atoms with van der Waals surface area (Å²) in [6.07, 6.45) is 0. The Bertz CT molecular complexity index is 441. The first-order valence-corrected chi connectivity index (χ1v) is 5.87. The number of carbonyl (C=O) groups excluding carboxylic acids is 2. The molecule has 0 saturated carbocycles. The molecule has 106 valence electrons. The van der Waals surface area contributed by atoms with Gasteiger partial charge < -0.3 is 19.3 Å². The van der Waals surface area contributed by atoms with Crippen LogP contribution in [0.15, 0.2) is 10.6 Å². The lowest BCUT2D eigenvalue weighted by Crippen LogP contribution is -2.46. The molecule has 0 bridgehead atoms. The van der Waals surface area contributed by atoms with Gasteiger partial charge in [-0.25, -0.2) is 4.79 Å². The van der Waals surface area contributed by atoms with Gasteiger partial charge in [-0.15, -0.1) is 0 Å². The third-order valence-corrected chi connectivity index (χ3v) is 2.40. The number of methoxy groups -OCH3 is 1. The van der Waals surface area contributed by atoms with Gasteiger partial charge in [0.05, 0.1) is 7.11 Å². The van der Waals surface area contributed by atoms with E-state index < -0.39 is 17.9 Å². The van der Waals surface area contributed by atoms with E-state index >= 15 is 0 Å². The normalized spacial score (nSPS) is 12.1. The van der Waals surface area contributed by atoms with E-state index in [0.717, 1.165) is 0 Å². The monoisotopic (exact) mass is 270 g/mol. The maximum Gasteiger partial charge on any atom is 0.328 e. The minimum Gasteiger partial charge on any atom is -0.467 e. The van der Waals surface area contributed by atoms with Crippen molar-refractivity contribution in [2.24, 2.45) is 5.92 Å². The minimum atomic E-state index is -0.694. The molecule has 7 heteroatoms. The second-order valence-corrected chi connectivity index (χ2v) is 4.38. The van der Waals surface area contributed by atoms with Crippen LogP contribution in [0.25, 0.3) is 0 Å². The number of nitrogens with one attached hydrogen (secondary N) is 1. The van der Waals surface area contributed by atoms with Crippen LogP contribution in [-0.4, -0.2) is 36.8 Å². The molecule has 1 amide bonds. The van der Waals surface area contributed by atoms with Crippen molar-refractivity contribution in [3.05, 3.63) is 11.8 Å². The van der Waals surface area contributed by atoms with Crippen molar-refractivity contribution in [1.82, 2.24) is 10.5 Å². The Morgan fingerprint density at radius 3 is 2.63 bits per heavy atom. The van der Waals surface area contributed by atoms with E-state index in [1.165, 1.54) is 7.11 Å². The number of amides is 1. The summed E-state index contributed by atoms with van der Waals surface area (Å²) in [5.41, 5.74) is 0. The Labute approximate surface area is 111 Å². The van der Waals surface area contributed by atoms with Crippen molar-refractivity contribution < 1.29 is 23.6 Å². The number of ether oxygens (including phenoxy) is 2. The highest BCUT2D eigenvalue weighted by Crippen LogP contribution is 2.09. The molecule has 0 spiro atoms. The molecule has 0 aromatic carbocycles. The summed E-state index contributed by atoms with van der Waals surface area (Å²) in [5, 5.41) is 6.13. The minimum absolute atomic E-state index is 0.0781. The van der Waals surface area contributed by atoms with E-state index in [-0.39, 0.29) is 18.4 Å². The van der Waals surface area contributed by atoms with E-state index in [9.17, 15) is 9.59 Å². The van der Waals surface area contributed by atoms with Crippen molar-refractivity contribution in [3.8, 4) is 5.88 Å². The van der Waals surface area contributed by atoms with Gasteiger partial charge >= 0.3 is 5.97 Å². The molecule has 0 aliphatic carbocycles. The molecular weight excluding hydrogens is 252 g/mol. The molecule has 1 rings (SSSR count). The quantitative estimate of drug-likeness (QED) is 0.764. The maximum absolute atomic E-state index is 11.7. The van der Waals surface area contributed by atoms with Crippen LogP contribution in [0.5, 0.6) is 5.88 Å². The molecular formula is C12H18N2O5. The molecule has 0 aliphatic heterocycles. The average molecular weight is 270 g/mol. The van der Waals surface area contributed by atoms with Crippen LogP contribution < -0.4 is 10.1 Å². The Kier molecular flexibility index (Phi) is 5.35. The number of esters is 1. The molecule has 0 aliphatic rings. The van der Waals surface area contributed by atoms with Crippen molar-refractivity contribution in [1.29, 1.82) is 0 Å². The second-order valence-electron chi connectivity index (χ2n) is 4.38. The molecule has 0 fully saturated rings. The Morgan fingerprint density at radius 1 is 1.47 bits per heavy atom. The zero-order valence-corrected chi connectivity index (χ0v) is 11.4. The fourth-order valence-corrected chi connectivity index (χ4v) is 1.39. The number of aromatic nitrogens is 1. The van der Waals surface area contributed by atoms with E-state index in [2.05, 4.69) is 15.2 Å². The number of aryl methyl sites for hydroxylation is 1. The van der Waals surface area contributed by atoms with Gasteiger partial charge in [-0.05, 0) is 18.0 Å². The zero-order valence-electron chi connectivity index (χ0n) is 11.4. The first-order chi connectivity index (χ1) is 8.93. The second kappa shape index (κ2) is 6.77. The van der Waals surface area contributed by atoms with Gasteiger partial charge in [0.15, 0.2) is 6.61 Å². The van der Waals surface area contributed by atoms with Crippen molar-refractivity contribution in [3.63, 3.8) is 0 Å². The van der Waals surface area contributed by atoms with Crippen LogP contribution in [0, 0.1) is 12.8 Å². The van der Waals surface area contributed by atoms with Crippen molar-refractivity contribution in [2.45, 2.75) is 26.8 Å². The standard InChI is InChI=1S/C12H18N2O5/c1-7(2)11(12(16)17-4)13-9(15)6-18-10-5-8(3)19-14-10/h5,7,11H,6H2,1-4H3,(H,13,15). The van der Waals surface area contributed by atoms with Gasteiger partial charge in [-0.3, -0.25) is 4.79 Å². The summed E-state index contributed by atoms with van der Waals surface area (Å²) in [7, 11) is 1.28. The van der Waals surface area contributed by atoms with Crippen molar-refractivity contribution in [2.75, 3.05) is 13.7 Å². The summed E-state index contributed by atoms with van der Waals surface area (Å²) < 4.78 is 14.5. The van der Waals surface area contributed by atoms with Crippen molar-refractivity contribution >= 4 is 11.9 Å². The summed E-state index contributed by atoms with van der Waals surface area (Å²) >= 11 is 0. The highest BCUT2D eigenvalue weighted by molar-refractivity contribution is 5.85. The smallest absolute Gasteiger partial charge is 0.328 e. The summed E-state index contributed by atoms with van der Waals surface area (Å²) in [6, 6.07) is 0.869. The zero-order chi connectivity index (χ0) is 14.4. The number of rotatable bonds is 6. The lowest BCUT2D eigenvalue weighted by molar-refractivity contribution is -0.146. The highest BCUT2D eigenvalue weighted by atomic mass is 16.5. The lowest BCUT2D eigenvalue weighted by atomic mass is 10.0. The Hall–Kier alpha value is -2.05. The molecule has 1 atom stereocenters. The van der Waals surface area contributed by atoms with E-state index in [0.29, 0.717) is 5.76 Å². The largest absolute Gasteiger partial charge is 0.467 e. The molecule has 1 heterocycles. The fraction of sp³-hybridized carbons (Fsp3) is 0.583. The number of hydrogen-bond acceptors (Lipinski definition) is 6. The molecule has 0 saturated heterocycles. The maximum atomic E-state index is 11.7. The molecule has 1 N–H and O–H groups in total. The summed E-state index contributed by atoms with van der Waals surface area (Å²) in [5.74, 6) is -0.173. The third kappa shape index (κ3) is 4.61. The third-order valence-electron chi connectivity index (χ3n) is 2.40. The number of nitrogens with zero attached hydrogens (tertiary/aromatic N) is 1. The van der Waals surface area contributed by atoms with E-state index in [1.807, 2.05) is 13.8 Å². The van der Waals surface area contributed by atoms with Gasteiger partial charge in [0.2, 0.25) is 0 Å². The molecule has 19 heavy (non-hydrogen) atoms. The van der Waals surface area contributed by atoms with Crippen LogP contribution in [0.2, 0.25) is 0 Å². The lowest BCUT2D eigenvalue weighted by Gasteiger charge is -2.19. The molecule has 1 unspecified atom stereocenters. The molecule has 1 aromatic heterocycles. The van der Waals surface area contributed by atoms with Crippen LogP contribution in [0.4, 0.5) is 0 Å². The highest BCUT2D eigenvalue weighted by Gasteiger charge is 2.25. The van der Waals surface area contributed by atoms with Gasteiger partial charge in [0.1, 0.15) is 11.8 Å². The summed E-state index contributed by atoms with van der Waals surface area (Å²) in [6.45, 7) is 5.09. The number of hydrogen-bond donors (Lipinski definition) is 1. The summed E-state index contributed by atoms with van der Waals surface area (Å²) in [4.78, 5) is 23.1. The predicted octanol–water partition coefficient (Wildman–Crippen LogP) is 0.676. The number of carbonyl (C=O) groups is 2. The van der Waals surface area contributed by atoms with Gasteiger partial charge in [0.25, 0.3) is 11.8 Å². The fourth-order valence-electron chi connectivity index (χ4n) is 1.39. The molecule has 7 nitrogen and oxygen atoms in total. The Balaban J connectivity index is 2.46. The van der Waals surface area contributed by atoms with Gasteiger partial charge in [-0.2, -0.15) is 0 Å². The van der Waals surface area contributed by atoms with Crippen LogP contribution in [0.1, 0.15) is 19.6 Å². The SMILES string of the molecule is COC(=O)C(NC(=O)COc1cc(C)on1)C(C)C. The predicted molar refractivity (Wildman–Crippen MR) is 65.5 cm³/mol. The van der Waals surface area contributed by atoms with E-state index in [4.69, 9.17) is 9.26 Å². The van der Waals surface area contributed by atoms with Gasteiger partial charge in [0, 0.05) is 6.07 Å². The topological polar surface area (TPSA) is 90.7 Å². The van der Waals surface area contributed by atoms with Crippen LogP contribution in [0.3, 0.4) is 0 Å². The molecule has 1 aromatic rings. The average Bonchev–Trinajstić information content (AvgIpc) is 2.78. The molecule has 0 radical (unpaired) electrons. The van der Waals surface area contributed by atoms with Crippen LogP contribution >= 0.6 is 0 Å². The first kappa shape index (κ1) is 15.0. The van der Waals surface area contributed by atoms with Crippen LogP contribution in [-0.2, 0) is 14.3 Å². The van der Waals surface area contributed by atoms with E-state index in [1.54, 1.807) is 13.0 Å². The van der Waals surface area contributed by atoms with Gasteiger partial charge in [-0.1, -0.05) is 13.8 Å². The Morgan fingerprint density at radius 2 is 2.16 bits per heavy atom.